The minimum Gasteiger partial charge on any atom is -0.491 e. The van der Waals surface area contributed by atoms with E-state index < -0.39 is 6.10 Å². The van der Waals surface area contributed by atoms with Crippen LogP contribution in [-0.4, -0.2) is 64.7 Å². The highest BCUT2D eigenvalue weighted by molar-refractivity contribution is 5.85. The van der Waals surface area contributed by atoms with Gasteiger partial charge >= 0.3 is 0 Å². The molecule has 0 amide bonds. The van der Waals surface area contributed by atoms with Crippen molar-refractivity contribution >= 4 is 18.2 Å². The predicted molar refractivity (Wildman–Crippen MR) is 194 cm³/mol. The molecule has 12 heteroatoms. The van der Waals surface area contributed by atoms with E-state index in [0.717, 1.165) is 22.3 Å². The van der Waals surface area contributed by atoms with E-state index >= 15 is 0 Å². The van der Waals surface area contributed by atoms with Crippen molar-refractivity contribution in [3.05, 3.63) is 102 Å². The number of ether oxygens (including phenoxy) is 3. The number of likely N-dealkylation sites (N-methyl/N-ethyl adjacent to an activating group) is 1. The zero-order valence-electron chi connectivity index (χ0n) is 28.7. The van der Waals surface area contributed by atoms with Gasteiger partial charge in [-0.1, -0.05) is 62.4 Å². The van der Waals surface area contributed by atoms with Gasteiger partial charge in [-0.3, -0.25) is 0 Å². The van der Waals surface area contributed by atoms with Crippen molar-refractivity contribution in [3.8, 4) is 45.5 Å². The van der Waals surface area contributed by atoms with Gasteiger partial charge in [-0.2, -0.15) is 0 Å². The molecule has 1 aliphatic rings. The molecule has 2 heterocycles. The van der Waals surface area contributed by atoms with E-state index in [2.05, 4.69) is 45.4 Å². The van der Waals surface area contributed by atoms with Gasteiger partial charge in [0.25, 0.3) is 5.88 Å². The van der Waals surface area contributed by atoms with E-state index in [1.165, 1.54) is 25.6 Å². The Kier molecular flexibility index (Phi) is 11.8. The summed E-state index contributed by atoms with van der Waals surface area (Å²) >= 11 is 0. The summed E-state index contributed by atoms with van der Waals surface area (Å²) in [6, 6.07) is 22.2. The van der Waals surface area contributed by atoms with E-state index in [1.54, 1.807) is 25.4 Å². The second-order valence-electron chi connectivity index (χ2n) is 12.5. The summed E-state index contributed by atoms with van der Waals surface area (Å²) in [7, 11) is 5.00. The number of aromatic nitrogens is 4. The number of rotatable bonds is 12. The largest absolute Gasteiger partial charge is 0.491 e. The van der Waals surface area contributed by atoms with Crippen LogP contribution < -0.4 is 24.4 Å². The average Bonchev–Trinajstić information content (AvgIpc) is 3.51. The molecule has 0 saturated heterocycles. The fourth-order valence-electron chi connectivity index (χ4n) is 6.39. The quantitative estimate of drug-likeness (QED) is 0.138. The molecule has 2 N–H and O–H groups in total. The number of benzene rings is 3. The van der Waals surface area contributed by atoms with Gasteiger partial charge in [-0.25, -0.2) is 14.4 Å². The third kappa shape index (κ3) is 7.96. The Hall–Kier alpha value is -4.84. The van der Waals surface area contributed by atoms with Crippen LogP contribution in [0.5, 0.6) is 23.1 Å². The number of aliphatic hydroxyl groups is 1. The van der Waals surface area contributed by atoms with Crippen molar-refractivity contribution in [3.63, 3.8) is 0 Å². The Morgan fingerprint density at radius 2 is 1.70 bits per heavy atom. The molecule has 1 saturated carbocycles. The van der Waals surface area contributed by atoms with Crippen molar-refractivity contribution in [1.82, 2.24) is 25.5 Å². The highest BCUT2D eigenvalue weighted by Crippen LogP contribution is 2.40. The van der Waals surface area contributed by atoms with Gasteiger partial charge < -0.3 is 29.5 Å². The van der Waals surface area contributed by atoms with Crippen molar-refractivity contribution in [2.24, 2.45) is 0 Å². The van der Waals surface area contributed by atoms with Crippen molar-refractivity contribution in [1.29, 1.82) is 0 Å². The summed E-state index contributed by atoms with van der Waals surface area (Å²) in [5.74, 6) is 2.20. The monoisotopic (exact) mass is 700 g/mol. The topological polar surface area (TPSA) is 115 Å². The second-order valence-corrected chi connectivity index (χ2v) is 12.5. The first-order valence-electron chi connectivity index (χ1n) is 16.3. The maximum absolute atomic E-state index is 14.6. The van der Waals surface area contributed by atoms with Crippen LogP contribution in [0.3, 0.4) is 0 Å². The van der Waals surface area contributed by atoms with E-state index in [4.69, 9.17) is 14.2 Å². The van der Waals surface area contributed by atoms with Gasteiger partial charge in [0.2, 0.25) is 0 Å². The van der Waals surface area contributed by atoms with E-state index in [1.807, 2.05) is 54.4 Å². The lowest BCUT2D eigenvalue weighted by atomic mass is 9.92. The van der Waals surface area contributed by atoms with Gasteiger partial charge in [-0.05, 0) is 53.6 Å². The van der Waals surface area contributed by atoms with E-state index in [9.17, 15) is 9.50 Å². The van der Waals surface area contributed by atoms with Crippen LogP contribution in [0.15, 0.2) is 85.3 Å². The molecule has 0 spiro atoms. The van der Waals surface area contributed by atoms with Crippen molar-refractivity contribution in [2.45, 2.75) is 57.3 Å². The maximum Gasteiger partial charge on any atom is 0.276 e. The average molecular weight is 701 g/mol. The molecule has 0 aliphatic heterocycles. The van der Waals surface area contributed by atoms with Gasteiger partial charge in [0.15, 0.2) is 17.3 Å². The zero-order chi connectivity index (χ0) is 34.5. The van der Waals surface area contributed by atoms with Gasteiger partial charge in [0.1, 0.15) is 17.9 Å². The minimum atomic E-state index is -0.587. The molecule has 0 bridgehead atoms. The molecular formula is C38H42ClFN6O4. The van der Waals surface area contributed by atoms with Crippen LogP contribution in [0, 0.1) is 5.82 Å². The Balaban J connectivity index is 0.00000486. The summed E-state index contributed by atoms with van der Waals surface area (Å²) in [6.07, 6.45) is 3.77. The van der Waals surface area contributed by atoms with Crippen LogP contribution in [0.4, 0.5) is 10.2 Å². The maximum atomic E-state index is 14.6. The minimum absolute atomic E-state index is 0. The molecule has 3 atom stereocenters. The van der Waals surface area contributed by atoms with Gasteiger partial charge in [0.05, 0.1) is 38.3 Å². The number of hydrogen-bond donors (Lipinski definition) is 2. The Morgan fingerprint density at radius 1 is 0.920 bits per heavy atom. The number of methoxy groups -OCH3 is 2. The second kappa shape index (κ2) is 16.2. The van der Waals surface area contributed by atoms with Crippen molar-refractivity contribution in [2.75, 3.05) is 26.2 Å². The van der Waals surface area contributed by atoms with E-state index in [-0.39, 0.29) is 36.2 Å². The van der Waals surface area contributed by atoms with Gasteiger partial charge in [0, 0.05) is 36.8 Å². The normalized spacial score (nSPS) is 16.9. The number of hydrogen-bond acceptors (Lipinski definition) is 10. The number of aliphatic hydroxyl groups excluding tert-OH is 1. The van der Waals surface area contributed by atoms with Crippen LogP contribution in [0.2, 0.25) is 0 Å². The number of nitrogens with zero attached hydrogens (tertiary/aromatic N) is 5. The highest BCUT2D eigenvalue weighted by Gasteiger charge is 2.37. The van der Waals surface area contributed by atoms with Crippen LogP contribution >= 0.6 is 12.4 Å². The van der Waals surface area contributed by atoms with Crippen LogP contribution in [-0.2, 0) is 6.54 Å². The van der Waals surface area contributed by atoms with Gasteiger partial charge in [-0.15, -0.1) is 22.6 Å². The molecular weight excluding hydrogens is 659 g/mol. The number of anilines is 1. The summed E-state index contributed by atoms with van der Waals surface area (Å²) < 4.78 is 31.6. The summed E-state index contributed by atoms with van der Waals surface area (Å²) in [6.45, 7) is 4.86. The van der Waals surface area contributed by atoms with Crippen LogP contribution in [0.1, 0.15) is 43.7 Å². The lowest BCUT2D eigenvalue weighted by Crippen LogP contribution is -2.38. The summed E-state index contributed by atoms with van der Waals surface area (Å²) in [5, 5.41) is 23.1. The molecule has 262 valence electrons. The molecule has 1 aliphatic carbocycles. The molecule has 50 heavy (non-hydrogen) atoms. The third-order valence-corrected chi connectivity index (χ3v) is 9.01. The lowest BCUT2D eigenvalue weighted by molar-refractivity contribution is 0.160. The standard InChI is InChI=1S/C38H41FN6O4.ClH/c1-23(2)28-8-6-7-9-29(28)30-16-26(39)14-15-34(30)49-36-21-40-22-42-37(36)45(3)32-17-27(18-33(32)46)41-20-24-10-12-25(13-11-24)31-19-35(47-4)38(48-5)44-43-31;/h6-16,19,21-23,27,32-33,41,46H,17-18,20H2,1-5H3;1H/t27-,32+,33-;/m1./s1. The fraction of sp³-hybridized carbons (Fsp3) is 0.316. The molecule has 3 aromatic carbocycles. The lowest BCUT2D eigenvalue weighted by Gasteiger charge is -2.29. The van der Waals surface area contributed by atoms with E-state index in [0.29, 0.717) is 59.6 Å². The Morgan fingerprint density at radius 3 is 2.44 bits per heavy atom. The summed E-state index contributed by atoms with van der Waals surface area (Å²) in [5.41, 5.74) is 5.35. The third-order valence-electron chi connectivity index (χ3n) is 9.01. The van der Waals surface area contributed by atoms with Crippen molar-refractivity contribution < 1.29 is 23.7 Å². The molecule has 6 rings (SSSR count). The smallest absolute Gasteiger partial charge is 0.276 e. The molecule has 2 aromatic heterocycles. The molecule has 5 aromatic rings. The predicted octanol–water partition coefficient (Wildman–Crippen LogP) is 7.21. The first kappa shape index (κ1) is 36.4. The first-order chi connectivity index (χ1) is 23.7. The zero-order valence-corrected chi connectivity index (χ0v) is 29.5. The number of nitrogens with one attached hydrogen (secondary N) is 1. The molecule has 0 unspecified atom stereocenters. The first-order valence-corrected chi connectivity index (χ1v) is 16.3. The fourth-order valence-corrected chi connectivity index (χ4v) is 6.39. The number of halogens is 2. The SMILES string of the molecule is COc1cc(-c2ccc(CN[C@H]3C[C@@H](O)[C@@H](N(C)c4ncncc4Oc4ccc(F)cc4-c4ccccc4C(C)C)C3)cc2)nnc1OC.Cl. The molecule has 10 nitrogen and oxygen atoms in total. The summed E-state index contributed by atoms with van der Waals surface area (Å²) in [4.78, 5) is 10.7. The Labute approximate surface area is 298 Å². The molecule has 0 radical (unpaired) electrons. The Bertz CT molecular complexity index is 1900. The highest BCUT2D eigenvalue weighted by atomic mass is 35.5. The molecule has 1 fully saturated rings. The van der Waals surface area contributed by atoms with Crippen LogP contribution in [0.25, 0.3) is 22.4 Å².